The molecule has 0 bridgehead atoms. The number of carbonyl (C=O) groups is 1. The van der Waals surface area contributed by atoms with E-state index in [2.05, 4.69) is 10.6 Å². The zero-order chi connectivity index (χ0) is 13.0. The first kappa shape index (κ1) is 13.3. The van der Waals surface area contributed by atoms with Gasteiger partial charge in [0.25, 0.3) is 5.76 Å². The molecule has 1 atom stereocenters. The van der Waals surface area contributed by atoms with Gasteiger partial charge in [-0.1, -0.05) is 17.8 Å². The Bertz CT molecular complexity index is 422. The van der Waals surface area contributed by atoms with Crippen molar-refractivity contribution in [2.45, 2.75) is 29.5 Å². The van der Waals surface area contributed by atoms with Crippen LogP contribution in [0.15, 0.2) is 29.2 Å². The number of nitrogens with one attached hydrogen (secondary N) is 2. The second-order valence-corrected chi connectivity index (χ2v) is 5.11. The Hall–Kier alpha value is -1.14. The fraction of sp³-hybridized carbons (Fsp3) is 0.417. The number of halogens is 2. The zero-order valence-electron chi connectivity index (χ0n) is 9.66. The lowest BCUT2D eigenvalue weighted by molar-refractivity contribution is -0.117. The monoisotopic (exact) mass is 272 g/mol. The van der Waals surface area contributed by atoms with Gasteiger partial charge in [0.15, 0.2) is 0 Å². The van der Waals surface area contributed by atoms with E-state index in [-0.39, 0.29) is 11.9 Å². The molecule has 0 spiro atoms. The standard InChI is InChI=1S/C12H14F2N2OS/c13-12(14)18-9-4-1-3-8(7-9)16-11(17)10-5-2-6-15-10/h1,3-4,7,10,12,15H,2,5-6H2,(H,16,17). The molecule has 2 rings (SSSR count). The lowest BCUT2D eigenvalue weighted by Gasteiger charge is -2.11. The van der Waals surface area contributed by atoms with E-state index < -0.39 is 5.76 Å². The van der Waals surface area contributed by atoms with Gasteiger partial charge in [-0.3, -0.25) is 4.79 Å². The van der Waals surface area contributed by atoms with Crippen molar-refractivity contribution in [1.82, 2.24) is 5.32 Å². The largest absolute Gasteiger partial charge is 0.325 e. The molecule has 3 nitrogen and oxygen atoms in total. The van der Waals surface area contributed by atoms with Crippen molar-refractivity contribution in [3.05, 3.63) is 24.3 Å². The van der Waals surface area contributed by atoms with Crippen LogP contribution in [0.3, 0.4) is 0 Å². The maximum atomic E-state index is 12.2. The molecule has 1 amide bonds. The summed E-state index contributed by atoms with van der Waals surface area (Å²) in [5.41, 5.74) is 0.555. The van der Waals surface area contributed by atoms with Crippen LogP contribution in [0.5, 0.6) is 0 Å². The van der Waals surface area contributed by atoms with Crippen molar-refractivity contribution >= 4 is 23.4 Å². The minimum absolute atomic E-state index is 0.105. The van der Waals surface area contributed by atoms with Gasteiger partial charge in [0, 0.05) is 10.6 Å². The minimum Gasteiger partial charge on any atom is -0.325 e. The third-order valence-electron chi connectivity index (χ3n) is 2.70. The topological polar surface area (TPSA) is 41.1 Å². The van der Waals surface area contributed by atoms with Crippen molar-refractivity contribution in [1.29, 1.82) is 0 Å². The lowest BCUT2D eigenvalue weighted by Crippen LogP contribution is -2.35. The van der Waals surface area contributed by atoms with E-state index in [1.807, 2.05) is 0 Å². The normalized spacial score (nSPS) is 19.2. The summed E-state index contributed by atoms with van der Waals surface area (Å²) in [6.45, 7) is 0.847. The molecule has 1 unspecified atom stereocenters. The van der Waals surface area contributed by atoms with Gasteiger partial charge < -0.3 is 10.6 Å². The van der Waals surface area contributed by atoms with E-state index >= 15 is 0 Å². The molecule has 0 aromatic heterocycles. The first-order valence-corrected chi connectivity index (χ1v) is 6.62. The molecule has 1 heterocycles. The number of rotatable bonds is 4. The molecule has 1 saturated heterocycles. The minimum atomic E-state index is -2.45. The average Bonchev–Trinajstić information content (AvgIpc) is 2.81. The quantitative estimate of drug-likeness (QED) is 0.828. The van der Waals surface area contributed by atoms with Gasteiger partial charge in [-0.15, -0.1) is 0 Å². The van der Waals surface area contributed by atoms with Crippen LogP contribution in [0.1, 0.15) is 12.8 Å². The summed E-state index contributed by atoms with van der Waals surface area (Å²) in [7, 11) is 0. The van der Waals surface area contributed by atoms with Gasteiger partial charge >= 0.3 is 0 Å². The van der Waals surface area contributed by atoms with Gasteiger partial charge in [0.1, 0.15) is 0 Å². The summed E-state index contributed by atoms with van der Waals surface area (Å²) < 4.78 is 24.5. The van der Waals surface area contributed by atoms with Crippen LogP contribution in [-0.2, 0) is 4.79 Å². The van der Waals surface area contributed by atoms with E-state index in [1.165, 1.54) is 0 Å². The van der Waals surface area contributed by atoms with Crippen molar-refractivity contribution in [3.63, 3.8) is 0 Å². The SMILES string of the molecule is O=C(Nc1cccc(SC(F)F)c1)C1CCCN1. The smallest absolute Gasteiger partial charge is 0.288 e. The number of alkyl halides is 2. The van der Waals surface area contributed by atoms with Gasteiger partial charge in [-0.25, -0.2) is 0 Å². The van der Waals surface area contributed by atoms with E-state index in [1.54, 1.807) is 24.3 Å². The Kier molecular flexibility index (Phi) is 4.54. The predicted molar refractivity (Wildman–Crippen MR) is 68.0 cm³/mol. The number of anilines is 1. The molecule has 18 heavy (non-hydrogen) atoms. The van der Waals surface area contributed by atoms with Crippen molar-refractivity contribution in [2.24, 2.45) is 0 Å². The van der Waals surface area contributed by atoms with Gasteiger partial charge in [0.05, 0.1) is 6.04 Å². The van der Waals surface area contributed by atoms with Crippen LogP contribution in [0.25, 0.3) is 0 Å². The molecule has 1 aromatic rings. The summed E-state index contributed by atoms with van der Waals surface area (Å²) in [4.78, 5) is 12.3. The van der Waals surface area contributed by atoms with Crippen LogP contribution >= 0.6 is 11.8 Å². The van der Waals surface area contributed by atoms with E-state index in [4.69, 9.17) is 0 Å². The first-order valence-electron chi connectivity index (χ1n) is 5.74. The Morgan fingerprint density at radius 2 is 2.33 bits per heavy atom. The van der Waals surface area contributed by atoms with Crippen LogP contribution < -0.4 is 10.6 Å². The Labute approximate surface area is 108 Å². The highest BCUT2D eigenvalue weighted by Crippen LogP contribution is 2.27. The Morgan fingerprint density at radius 3 is 3.00 bits per heavy atom. The maximum Gasteiger partial charge on any atom is 0.288 e. The van der Waals surface area contributed by atoms with Gasteiger partial charge in [-0.05, 0) is 37.6 Å². The molecule has 98 valence electrons. The predicted octanol–water partition coefficient (Wildman–Crippen LogP) is 2.69. The molecule has 0 saturated carbocycles. The zero-order valence-corrected chi connectivity index (χ0v) is 10.5. The number of hydrogen-bond donors (Lipinski definition) is 2. The van der Waals surface area contributed by atoms with Crippen LogP contribution in [0.2, 0.25) is 0 Å². The summed E-state index contributed by atoms with van der Waals surface area (Å²) in [5.74, 6) is -2.56. The van der Waals surface area contributed by atoms with Crippen LogP contribution in [0, 0.1) is 0 Å². The fourth-order valence-electron chi connectivity index (χ4n) is 1.89. The molecule has 0 radical (unpaired) electrons. The number of benzene rings is 1. The highest BCUT2D eigenvalue weighted by molar-refractivity contribution is 7.99. The molecule has 2 N–H and O–H groups in total. The number of carbonyl (C=O) groups excluding carboxylic acids is 1. The third kappa shape index (κ3) is 3.68. The molecule has 1 aliphatic heterocycles. The molecule has 1 fully saturated rings. The lowest BCUT2D eigenvalue weighted by atomic mass is 10.2. The maximum absolute atomic E-state index is 12.2. The van der Waals surface area contributed by atoms with Crippen LogP contribution in [0.4, 0.5) is 14.5 Å². The van der Waals surface area contributed by atoms with Crippen molar-refractivity contribution in [3.8, 4) is 0 Å². The fourth-order valence-corrected chi connectivity index (χ4v) is 2.45. The van der Waals surface area contributed by atoms with Crippen molar-refractivity contribution in [2.75, 3.05) is 11.9 Å². The van der Waals surface area contributed by atoms with E-state index in [0.717, 1.165) is 19.4 Å². The Morgan fingerprint density at radius 1 is 1.50 bits per heavy atom. The second kappa shape index (κ2) is 6.15. The average molecular weight is 272 g/mol. The number of thioether (sulfide) groups is 1. The van der Waals surface area contributed by atoms with E-state index in [9.17, 15) is 13.6 Å². The molecule has 1 aliphatic rings. The van der Waals surface area contributed by atoms with Crippen molar-refractivity contribution < 1.29 is 13.6 Å². The van der Waals surface area contributed by atoms with Gasteiger partial charge in [0.2, 0.25) is 5.91 Å². The van der Waals surface area contributed by atoms with E-state index in [0.29, 0.717) is 22.3 Å². The third-order valence-corrected chi connectivity index (χ3v) is 3.41. The number of amides is 1. The summed E-state index contributed by atoms with van der Waals surface area (Å²) >= 11 is 0.472. The highest BCUT2D eigenvalue weighted by Gasteiger charge is 2.21. The van der Waals surface area contributed by atoms with Gasteiger partial charge in [-0.2, -0.15) is 8.78 Å². The second-order valence-electron chi connectivity index (χ2n) is 4.04. The molecular weight excluding hydrogens is 258 g/mol. The number of hydrogen-bond acceptors (Lipinski definition) is 3. The first-order chi connectivity index (χ1) is 8.65. The summed E-state index contributed by atoms with van der Waals surface area (Å²) in [6, 6.07) is 6.34. The summed E-state index contributed by atoms with van der Waals surface area (Å²) in [6.07, 6.45) is 1.80. The molecular formula is C12H14F2N2OS. The summed E-state index contributed by atoms with van der Waals surface area (Å²) in [5, 5.41) is 5.82. The molecule has 1 aromatic carbocycles. The molecule has 0 aliphatic carbocycles. The highest BCUT2D eigenvalue weighted by atomic mass is 32.2. The molecule has 6 heteroatoms. The van der Waals surface area contributed by atoms with Crippen LogP contribution in [-0.4, -0.2) is 24.3 Å². The Balaban J connectivity index is 1.97.